The third kappa shape index (κ3) is 5.42. The average molecular weight is 436 g/mol. The molecule has 0 spiro atoms. The predicted molar refractivity (Wildman–Crippen MR) is 133 cm³/mol. The molecule has 1 N–H and O–H groups in total. The second kappa shape index (κ2) is 10.0. The lowest BCUT2D eigenvalue weighted by atomic mass is 9.95. The Morgan fingerprint density at radius 3 is 2.00 bits per heavy atom. The molecule has 4 heteroatoms. The van der Waals surface area contributed by atoms with E-state index in [1.165, 1.54) is 5.56 Å². The van der Waals surface area contributed by atoms with Crippen LogP contribution in [0.1, 0.15) is 34.1 Å². The number of rotatable bonds is 7. The fourth-order valence-electron chi connectivity index (χ4n) is 3.65. The first kappa shape index (κ1) is 22.2. The Kier molecular flexibility index (Phi) is 6.75. The Labute approximate surface area is 195 Å². The van der Waals surface area contributed by atoms with Crippen molar-refractivity contribution in [1.82, 2.24) is 10.3 Å². The van der Waals surface area contributed by atoms with Crippen molar-refractivity contribution in [3.8, 4) is 28.0 Å². The first-order chi connectivity index (χ1) is 16.1. The van der Waals surface area contributed by atoms with Crippen molar-refractivity contribution >= 4 is 5.91 Å². The predicted octanol–water partition coefficient (Wildman–Crippen LogP) is 6.10. The number of amides is 1. The van der Waals surface area contributed by atoms with Gasteiger partial charge in [-0.2, -0.15) is 0 Å². The molecular weight excluding hydrogens is 408 g/mol. The van der Waals surface area contributed by atoms with Crippen molar-refractivity contribution in [3.05, 3.63) is 114 Å². The van der Waals surface area contributed by atoms with Crippen LogP contribution in [0.2, 0.25) is 0 Å². The molecule has 0 unspecified atom stereocenters. The highest BCUT2D eigenvalue weighted by atomic mass is 16.5. The monoisotopic (exact) mass is 435 g/mol. The van der Waals surface area contributed by atoms with Gasteiger partial charge in [0.15, 0.2) is 0 Å². The van der Waals surface area contributed by atoms with Gasteiger partial charge in [0.2, 0.25) is 5.69 Å². The highest BCUT2D eigenvalue weighted by Gasteiger charge is 2.12. The van der Waals surface area contributed by atoms with Gasteiger partial charge in [-0.05, 0) is 64.6 Å². The van der Waals surface area contributed by atoms with Crippen molar-refractivity contribution in [1.29, 1.82) is 0 Å². The van der Waals surface area contributed by atoms with E-state index in [2.05, 4.69) is 54.5 Å². The third-order valence-corrected chi connectivity index (χ3v) is 5.65. The van der Waals surface area contributed by atoms with Gasteiger partial charge in [-0.15, -0.1) is 0 Å². The molecule has 4 rings (SSSR count). The summed E-state index contributed by atoms with van der Waals surface area (Å²) < 4.78 is 5.29. The molecule has 1 aromatic heterocycles. The Morgan fingerprint density at radius 1 is 0.848 bits per heavy atom. The summed E-state index contributed by atoms with van der Waals surface area (Å²) in [6.45, 7) is 6.34. The molecular formula is C29H27N2O2+. The molecule has 3 aromatic carbocycles. The van der Waals surface area contributed by atoms with Crippen molar-refractivity contribution in [2.75, 3.05) is 7.11 Å². The van der Waals surface area contributed by atoms with Gasteiger partial charge in [-0.3, -0.25) is 4.79 Å². The Morgan fingerprint density at radius 2 is 1.45 bits per heavy atom. The summed E-state index contributed by atoms with van der Waals surface area (Å²) in [4.78, 5) is 17.3. The lowest BCUT2D eigenvalue weighted by molar-refractivity contribution is 0.0951. The summed E-state index contributed by atoms with van der Waals surface area (Å²) in [5, 5.41) is 3.01. The zero-order valence-electron chi connectivity index (χ0n) is 19.0. The van der Waals surface area contributed by atoms with Gasteiger partial charge < -0.3 is 10.1 Å². The Bertz CT molecular complexity index is 1160. The Balaban J connectivity index is 1.67. The zero-order valence-corrected chi connectivity index (χ0v) is 19.0. The average Bonchev–Trinajstić information content (AvgIpc) is 2.88. The fourth-order valence-corrected chi connectivity index (χ4v) is 3.65. The number of hydrogen-bond acceptors (Lipinski definition) is 3. The number of pyridine rings is 1. The Hall–Kier alpha value is -4.05. The van der Waals surface area contributed by atoms with Crippen molar-refractivity contribution in [2.24, 2.45) is 0 Å². The maximum atomic E-state index is 13.1. The minimum absolute atomic E-state index is 0.129. The molecule has 33 heavy (non-hydrogen) atoms. The standard InChI is InChI=1S/C29H26N2O2/c1-4-21-7-9-23(10-8-21)25-15-26(24-11-13-28(33-3)14-12-24)17-27(16-25)29(32)31-19-22-6-5-20(2)30-18-22/h5-18H,2,4,19H2,1,3H3/p+1. The molecule has 0 bridgehead atoms. The number of methoxy groups -OCH3 is 1. The highest BCUT2D eigenvalue weighted by molar-refractivity contribution is 5.97. The van der Waals surface area contributed by atoms with Crippen LogP contribution in [0.15, 0.2) is 85.1 Å². The van der Waals surface area contributed by atoms with E-state index in [9.17, 15) is 4.79 Å². The molecule has 0 fully saturated rings. The van der Waals surface area contributed by atoms with E-state index >= 15 is 0 Å². The molecule has 1 amide bonds. The molecule has 0 aliphatic rings. The van der Waals surface area contributed by atoms with E-state index in [1.807, 2.05) is 48.5 Å². The topological polar surface area (TPSA) is 51.2 Å². The molecule has 0 atom stereocenters. The smallest absolute Gasteiger partial charge is 0.251 e. The summed E-state index contributed by atoms with van der Waals surface area (Å²) >= 11 is 0. The second-order valence-corrected chi connectivity index (χ2v) is 7.92. The minimum Gasteiger partial charge on any atom is -0.497 e. The van der Waals surface area contributed by atoms with Gasteiger partial charge in [0.1, 0.15) is 5.75 Å². The number of aryl methyl sites for hydroxylation is 1. The van der Waals surface area contributed by atoms with Gasteiger partial charge in [-0.25, -0.2) is 4.98 Å². The van der Waals surface area contributed by atoms with Gasteiger partial charge >= 0.3 is 0 Å². The number of nitrogens with one attached hydrogen (secondary N) is 1. The SMILES string of the molecule is [CH2+]c1ccc(CNC(=O)c2cc(-c3ccc(CC)cc3)cc(-c3ccc(OC)cc3)c2)cn1. The molecule has 0 saturated heterocycles. The van der Waals surface area contributed by atoms with Crippen molar-refractivity contribution in [3.63, 3.8) is 0 Å². The lowest BCUT2D eigenvalue weighted by Crippen LogP contribution is -2.23. The molecule has 0 aliphatic carbocycles. The minimum atomic E-state index is -0.129. The summed E-state index contributed by atoms with van der Waals surface area (Å²) in [7, 11) is 1.65. The molecule has 4 aromatic rings. The maximum Gasteiger partial charge on any atom is 0.251 e. The quantitative estimate of drug-likeness (QED) is 0.357. The van der Waals surface area contributed by atoms with Crippen LogP contribution in [0.3, 0.4) is 0 Å². The summed E-state index contributed by atoms with van der Waals surface area (Å²) in [6, 6.07) is 26.1. The summed E-state index contributed by atoms with van der Waals surface area (Å²) in [5.41, 5.74) is 7.60. The maximum absolute atomic E-state index is 13.1. The number of benzene rings is 3. The van der Waals surface area contributed by atoms with Crippen LogP contribution in [0.5, 0.6) is 5.75 Å². The third-order valence-electron chi connectivity index (χ3n) is 5.65. The van der Waals surface area contributed by atoms with Crippen molar-refractivity contribution < 1.29 is 9.53 Å². The van der Waals surface area contributed by atoms with Gasteiger partial charge in [-0.1, -0.05) is 43.3 Å². The number of ether oxygens (including phenoxy) is 1. The van der Waals surface area contributed by atoms with E-state index in [4.69, 9.17) is 4.74 Å². The first-order valence-corrected chi connectivity index (χ1v) is 11.0. The molecule has 1 heterocycles. The molecule has 0 radical (unpaired) electrons. The van der Waals surface area contributed by atoms with Gasteiger partial charge in [0.05, 0.1) is 20.1 Å². The number of carbonyl (C=O) groups excluding carboxylic acids is 1. The number of hydrogen-bond donors (Lipinski definition) is 1. The molecule has 164 valence electrons. The van der Waals surface area contributed by atoms with Crippen LogP contribution in [-0.2, 0) is 13.0 Å². The van der Waals surface area contributed by atoms with Crippen LogP contribution in [0.4, 0.5) is 0 Å². The molecule has 4 nitrogen and oxygen atoms in total. The number of aromatic nitrogens is 1. The zero-order chi connectivity index (χ0) is 23.2. The normalized spacial score (nSPS) is 10.6. The first-order valence-electron chi connectivity index (χ1n) is 11.0. The van der Waals surface area contributed by atoms with E-state index in [-0.39, 0.29) is 5.91 Å². The van der Waals surface area contributed by atoms with Crippen LogP contribution < -0.4 is 10.1 Å². The number of carbonyl (C=O) groups is 1. The largest absolute Gasteiger partial charge is 0.497 e. The highest BCUT2D eigenvalue weighted by Crippen LogP contribution is 2.30. The van der Waals surface area contributed by atoms with Crippen LogP contribution in [0, 0.1) is 6.92 Å². The second-order valence-electron chi connectivity index (χ2n) is 7.92. The van der Waals surface area contributed by atoms with Gasteiger partial charge in [0.25, 0.3) is 5.91 Å². The summed E-state index contributed by atoms with van der Waals surface area (Å²) in [6.07, 6.45) is 2.72. The van der Waals surface area contributed by atoms with Crippen molar-refractivity contribution in [2.45, 2.75) is 19.9 Å². The molecule has 0 saturated carbocycles. The van der Waals surface area contributed by atoms with E-state index < -0.39 is 0 Å². The lowest BCUT2D eigenvalue weighted by Gasteiger charge is -2.12. The fraction of sp³-hybridized carbons (Fsp3) is 0.138. The van der Waals surface area contributed by atoms with E-state index in [0.717, 1.165) is 40.0 Å². The van der Waals surface area contributed by atoms with E-state index in [1.54, 1.807) is 13.3 Å². The number of nitrogens with zero attached hydrogens (tertiary/aromatic N) is 1. The van der Waals surface area contributed by atoms with Crippen LogP contribution in [-0.4, -0.2) is 18.0 Å². The molecule has 0 aliphatic heterocycles. The van der Waals surface area contributed by atoms with E-state index in [0.29, 0.717) is 17.8 Å². The summed E-state index contributed by atoms with van der Waals surface area (Å²) in [5.74, 6) is 0.667. The van der Waals surface area contributed by atoms with Crippen LogP contribution >= 0.6 is 0 Å². The van der Waals surface area contributed by atoms with Crippen LogP contribution in [0.25, 0.3) is 22.3 Å². The van der Waals surface area contributed by atoms with Gasteiger partial charge in [0, 0.05) is 29.9 Å².